The largest absolute Gasteiger partial charge is 0.481 e. The molecule has 5 heteroatoms. The van der Waals surface area contributed by atoms with Gasteiger partial charge < -0.3 is 14.9 Å². The molecular weight excluding hydrogens is 304 g/mol. The van der Waals surface area contributed by atoms with E-state index in [1.54, 1.807) is 4.90 Å². The molecule has 1 amide bonds. The van der Waals surface area contributed by atoms with Crippen LogP contribution in [0.25, 0.3) is 0 Å². The lowest BCUT2D eigenvalue weighted by atomic mass is 9.90. The van der Waals surface area contributed by atoms with Gasteiger partial charge in [-0.15, -0.1) is 0 Å². The molecule has 0 aromatic heterocycles. The van der Waals surface area contributed by atoms with E-state index in [-0.39, 0.29) is 11.9 Å². The molecule has 1 aromatic rings. The number of carbonyl (C=O) groups is 2. The van der Waals surface area contributed by atoms with Gasteiger partial charge in [-0.2, -0.15) is 0 Å². The number of benzene rings is 1. The number of hydrogen-bond donors (Lipinski definition) is 1. The fourth-order valence-corrected chi connectivity index (χ4v) is 3.48. The molecule has 0 unspecified atom stereocenters. The summed E-state index contributed by atoms with van der Waals surface area (Å²) in [5.74, 6) is -1.35. The molecule has 2 rings (SSSR count). The van der Waals surface area contributed by atoms with E-state index in [0.29, 0.717) is 18.5 Å². The van der Waals surface area contributed by atoms with Crippen LogP contribution in [0.2, 0.25) is 0 Å². The molecule has 24 heavy (non-hydrogen) atoms. The molecule has 1 saturated heterocycles. The van der Waals surface area contributed by atoms with Crippen LogP contribution in [0.5, 0.6) is 0 Å². The van der Waals surface area contributed by atoms with E-state index in [4.69, 9.17) is 0 Å². The van der Waals surface area contributed by atoms with Crippen molar-refractivity contribution in [2.24, 2.45) is 5.92 Å². The first-order valence-corrected chi connectivity index (χ1v) is 8.88. The molecule has 2 atom stereocenters. The molecule has 1 aliphatic heterocycles. The highest BCUT2D eigenvalue weighted by atomic mass is 16.4. The standard InChI is InChI=1S/C19H28N2O3/c1-4-12-20(5-2)16-10-8-15(9-11-16)18(22)21-13-6-7-17(14(21)3)19(23)24/h8-11,14,17H,4-7,12-13H2,1-3H3,(H,23,24)/t14-,17-/m0/s1. The molecule has 1 aromatic carbocycles. The molecule has 1 aliphatic rings. The Hall–Kier alpha value is -2.04. The second-order valence-corrected chi connectivity index (χ2v) is 6.45. The zero-order chi connectivity index (χ0) is 17.7. The number of carbonyl (C=O) groups excluding carboxylic acids is 1. The Labute approximate surface area is 144 Å². The number of hydrogen-bond acceptors (Lipinski definition) is 3. The maximum absolute atomic E-state index is 12.8. The lowest BCUT2D eigenvalue weighted by molar-refractivity contribution is -0.144. The van der Waals surface area contributed by atoms with Crippen molar-refractivity contribution in [2.75, 3.05) is 24.5 Å². The van der Waals surface area contributed by atoms with Gasteiger partial charge in [0.2, 0.25) is 0 Å². The van der Waals surface area contributed by atoms with E-state index in [0.717, 1.165) is 31.6 Å². The average molecular weight is 332 g/mol. The summed E-state index contributed by atoms with van der Waals surface area (Å²) in [6.07, 6.45) is 2.46. The zero-order valence-electron chi connectivity index (χ0n) is 14.9. The van der Waals surface area contributed by atoms with Gasteiger partial charge >= 0.3 is 5.97 Å². The van der Waals surface area contributed by atoms with E-state index in [1.807, 2.05) is 31.2 Å². The Balaban J connectivity index is 2.13. The van der Waals surface area contributed by atoms with Gasteiger partial charge in [-0.3, -0.25) is 9.59 Å². The van der Waals surface area contributed by atoms with E-state index in [9.17, 15) is 14.7 Å². The summed E-state index contributed by atoms with van der Waals surface area (Å²) in [4.78, 5) is 28.1. The number of anilines is 1. The van der Waals surface area contributed by atoms with E-state index < -0.39 is 11.9 Å². The fraction of sp³-hybridized carbons (Fsp3) is 0.579. The molecule has 0 radical (unpaired) electrons. The monoisotopic (exact) mass is 332 g/mol. The maximum Gasteiger partial charge on any atom is 0.308 e. The average Bonchev–Trinajstić information content (AvgIpc) is 2.59. The summed E-state index contributed by atoms with van der Waals surface area (Å²) in [6.45, 7) is 8.66. The van der Waals surface area contributed by atoms with E-state index >= 15 is 0 Å². The van der Waals surface area contributed by atoms with Gasteiger partial charge in [0.1, 0.15) is 0 Å². The number of carboxylic acid groups (broad SMARTS) is 1. The lowest BCUT2D eigenvalue weighted by Gasteiger charge is -2.37. The van der Waals surface area contributed by atoms with Crippen LogP contribution in [-0.4, -0.2) is 47.6 Å². The predicted molar refractivity (Wildman–Crippen MR) is 95.5 cm³/mol. The summed E-state index contributed by atoms with van der Waals surface area (Å²) in [5, 5.41) is 9.31. The SMILES string of the molecule is CCCN(CC)c1ccc(C(=O)N2CCC[C@H](C(=O)O)[C@@H]2C)cc1. The van der Waals surface area contributed by atoms with Crippen molar-refractivity contribution in [1.29, 1.82) is 0 Å². The minimum Gasteiger partial charge on any atom is -0.481 e. The Kier molecular flexibility index (Phi) is 6.23. The molecular formula is C19H28N2O3. The molecule has 0 aliphatic carbocycles. The van der Waals surface area contributed by atoms with Gasteiger partial charge in [0, 0.05) is 36.9 Å². The van der Waals surface area contributed by atoms with Crippen LogP contribution in [0.4, 0.5) is 5.69 Å². The first-order chi connectivity index (χ1) is 11.5. The number of carboxylic acids is 1. The van der Waals surface area contributed by atoms with Gasteiger partial charge in [0.25, 0.3) is 5.91 Å². The number of piperidine rings is 1. The van der Waals surface area contributed by atoms with Crippen LogP contribution in [0.15, 0.2) is 24.3 Å². The summed E-state index contributed by atoms with van der Waals surface area (Å²) >= 11 is 0. The number of nitrogens with zero attached hydrogens (tertiary/aromatic N) is 2. The minimum absolute atomic E-state index is 0.0708. The molecule has 0 spiro atoms. The van der Waals surface area contributed by atoms with Crippen LogP contribution >= 0.6 is 0 Å². The molecule has 1 heterocycles. The highest BCUT2D eigenvalue weighted by Gasteiger charge is 2.35. The number of aliphatic carboxylic acids is 1. The van der Waals surface area contributed by atoms with Crippen LogP contribution in [0, 0.1) is 5.92 Å². The van der Waals surface area contributed by atoms with E-state index in [1.165, 1.54) is 0 Å². The van der Waals surface area contributed by atoms with Gasteiger partial charge in [-0.25, -0.2) is 0 Å². The Morgan fingerprint density at radius 2 is 1.92 bits per heavy atom. The van der Waals surface area contributed by atoms with Crippen molar-refractivity contribution in [3.8, 4) is 0 Å². The normalized spacial score (nSPS) is 20.7. The third-order valence-electron chi connectivity index (χ3n) is 4.92. The van der Waals surface area contributed by atoms with Crippen LogP contribution in [-0.2, 0) is 4.79 Å². The third kappa shape index (κ3) is 3.89. The molecule has 0 saturated carbocycles. The van der Waals surface area contributed by atoms with Gasteiger partial charge in [0.15, 0.2) is 0 Å². The second kappa shape index (κ2) is 8.18. The van der Waals surface area contributed by atoms with Crippen molar-refractivity contribution in [3.63, 3.8) is 0 Å². The van der Waals surface area contributed by atoms with Gasteiger partial charge in [-0.05, 0) is 57.4 Å². The maximum atomic E-state index is 12.8. The van der Waals surface area contributed by atoms with Gasteiger partial charge in [0.05, 0.1) is 5.92 Å². The second-order valence-electron chi connectivity index (χ2n) is 6.45. The first-order valence-electron chi connectivity index (χ1n) is 8.88. The third-order valence-corrected chi connectivity index (χ3v) is 4.92. The molecule has 1 fully saturated rings. The first kappa shape index (κ1) is 18.3. The molecule has 0 bridgehead atoms. The minimum atomic E-state index is -0.812. The summed E-state index contributed by atoms with van der Waals surface area (Å²) in [5.41, 5.74) is 1.75. The fourth-order valence-electron chi connectivity index (χ4n) is 3.48. The zero-order valence-corrected chi connectivity index (χ0v) is 14.9. The van der Waals surface area contributed by atoms with Crippen molar-refractivity contribution in [1.82, 2.24) is 4.90 Å². The molecule has 5 nitrogen and oxygen atoms in total. The molecule has 132 valence electrons. The highest BCUT2D eigenvalue weighted by molar-refractivity contribution is 5.95. The Bertz CT molecular complexity index is 570. The van der Waals surface area contributed by atoms with Crippen LogP contribution < -0.4 is 4.90 Å². The number of likely N-dealkylation sites (tertiary alicyclic amines) is 1. The quantitative estimate of drug-likeness (QED) is 0.869. The molecule has 1 N–H and O–H groups in total. The summed E-state index contributed by atoms with van der Waals surface area (Å²) < 4.78 is 0. The number of rotatable bonds is 6. The van der Waals surface area contributed by atoms with Crippen molar-refractivity contribution >= 4 is 17.6 Å². The highest BCUT2D eigenvalue weighted by Crippen LogP contribution is 2.26. The summed E-state index contributed by atoms with van der Waals surface area (Å²) in [6, 6.07) is 7.40. The van der Waals surface area contributed by atoms with Crippen molar-refractivity contribution in [2.45, 2.75) is 46.1 Å². The van der Waals surface area contributed by atoms with Gasteiger partial charge in [-0.1, -0.05) is 6.92 Å². The van der Waals surface area contributed by atoms with Crippen molar-refractivity contribution < 1.29 is 14.7 Å². The van der Waals surface area contributed by atoms with Crippen LogP contribution in [0.1, 0.15) is 50.4 Å². The number of amides is 1. The summed E-state index contributed by atoms with van der Waals surface area (Å²) in [7, 11) is 0. The lowest BCUT2D eigenvalue weighted by Crippen LogP contribution is -2.49. The van der Waals surface area contributed by atoms with E-state index in [2.05, 4.69) is 18.7 Å². The van der Waals surface area contributed by atoms with Crippen LogP contribution in [0.3, 0.4) is 0 Å². The predicted octanol–water partition coefficient (Wildman–Crippen LogP) is 3.25. The van der Waals surface area contributed by atoms with Crippen molar-refractivity contribution in [3.05, 3.63) is 29.8 Å². The smallest absolute Gasteiger partial charge is 0.308 e. The Morgan fingerprint density at radius 1 is 1.25 bits per heavy atom. The topological polar surface area (TPSA) is 60.9 Å². The Morgan fingerprint density at radius 3 is 2.46 bits per heavy atom.